The third kappa shape index (κ3) is 3.15. The highest BCUT2D eigenvalue weighted by Gasteiger charge is 2.29. The van der Waals surface area contributed by atoms with Crippen LogP contribution in [0, 0.1) is 0 Å². The molecule has 6 heteroatoms. The van der Waals surface area contributed by atoms with Gasteiger partial charge in [-0.1, -0.05) is 0 Å². The molecule has 112 valence electrons. The molecule has 1 aliphatic rings. The van der Waals surface area contributed by atoms with Crippen LogP contribution >= 0.6 is 11.3 Å². The number of hydrogen-bond acceptors (Lipinski definition) is 4. The molecule has 0 aromatic carbocycles. The molecule has 3 rings (SSSR count). The van der Waals surface area contributed by atoms with Gasteiger partial charge in [0.2, 0.25) is 0 Å². The van der Waals surface area contributed by atoms with Gasteiger partial charge in [0.25, 0.3) is 5.91 Å². The van der Waals surface area contributed by atoms with Crippen molar-refractivity contribution in [2.45, 2.75) is 31.9 Å². The Morgan fingerprint density at radius 3 is 3.10 bits per heavy atom. The van der Waals surface area contributed by atoms with E-state index in [9.17, 15) is 9.18 Å². The smallest absolute Gasteiger partial charge is 0.254 e. The number of rotatable bonds is 2. The monoisotopic (exact) mass is 308 g/mol. The van der Waals surface area contributed by atoms with Crippen molar-refractivity contribution in [2.75, 3.05) is 13.1 Å². The molecule has 2 aromatic heterocycles. The SMILES string of the molecule is CC1(F)CCCN(C(=O)c2csc(-c3cocn3)c2)CC1. The fraction of sp³-hybridized carbons (Fsp3) is 0.467. The lowest BCUT2D eigenvalue weighted by molar-refractivity contribution is 0.0752. The van der Waals surface area contributed by atoms with Crippen LogP contribution in [0.4, 0.5) is 4.39 Å². The molecule has 2 aromatic rings. The number of amides is 1. The summed E-state index contributed by atoms with van der Waals surface area (Å²) in [5.74, 6) is -0.0290. The second-order valence-electron chi connectivity index (χ2n) is 5.63. The van der Waals surface area contributed by atoms with Crippen LogP contribution in [0.15, 0.2) is 28.5 Å². The number of halogens is 1. The maximum absolute atomic E-state index is 14.0. The summed E-state index contributed by atoms with van der Waals surface area (Å²) < 4.78 is 19.0. The number of aromatic nitrogens is 1. The van der Waals surface area contributed by atoms with Gasteiger partial charge in [0.1, 0.15) is 17.6 Å². The van der Waals surface area contributed by atoms with Gasteiger partial charge in [0.05, 0.1) is 10.4 Å². The molecule has 1 amide bonds. The number of nitrogens with zero attached hydrogens (tertiary/aromatic N) is 2. The van der Waals surface area contributed by atoms with Crippen LogP contribution in [0.2, 0.25) is 0 Å². The van der Waals surface area contributed by atoms with Crippen molar-refractivity contribution >= 4 is 17.2 Å². The van der Waals surface area contributed by atoms with Crippen LogP contribution in [-0.4, -0.2) is 34.5 Å². The molecule has 0 spiro atoms. The van der Waals surface area contributed by atoms with Gasteiger partial charge < -0.3 is 9.32 Å². The van der Waals surface area contributed by atoms with Gasteiger partial charge >= 0.3 is 0 Å². The fourth-order valence-corrected chi connectivity index (χ4v) is 3.39. The average molecular weight is 308 g/mol. The Bertz CT molecular complexity index is 621. The molecule has 3 heterocycles. The number of likely N-dealkylation sites (tertiary alicyclic amines) is 1. The molecule has 1 atom stereocenters. The van der Waals surface area contributed by atoms with Gasteiger partial charge in [-0.25, -0.2) is 9.37 Å². The minimum Gasteiger partial charge on any atom is -0.451 e. The Balaban J connectivity index is 1.73. The minimum atomic E-state index is -1.16. The van der Waals surface area contributed by atoms with E-state index >= 15 is 0 Å². The van der Waals surface area contributed by atoms with Crippen molar-refractivity contribution in [3.8, 4) is 10.6 Å². The molecule has 0 N–H and O–H groups in total. The molecular formula is C15H17FN2O2S. The second-order valence-corrected chi connectivity index (χ2v) is 6.54. The molecule has 1 aliphatic heterocycles. The lowest BCUT2D eigenvalue weighted by Gasteiger charge is -2.20. The third-order valence-electron chi connectivity index (χ3n) is 3.85. The van der Waals surface area contributed by atoms with E-state index in [-0.39, 0.29) is 5.91 Å². The maximum atomic E-state index is 14.0. The summed E-state index contributed by atoms with van der Waals surface area (Å²) in [6, 6.07) is 1.82. The van der Waals surface area contributed by atoms with E-state index in [0.29, 0.717) is 37.9 Å². The molecule has 0 radical (unpaired) electrons. The molecule has 4 nitrogen and oxygen atoms in total. The molecule has 0 aliphatic carbocycles. The van der Waals surface area contributed by atoms with Crippen molar-refractivity contribution in [3.63, 3.8) is 0 Å². The Kier molecular flexibility index (Phi) is 3.80. The second kappa shape index (κ2) is 5.60. The standard InChI is InChI=1S/C15H17FN2O2S/c1-15(16)3-2-5-18(6-4-15)14(19)11-7-13(21-9-11)12-8-20-10-17-12/h7-10H,2-6H2,1H3. The van der Waals surface area contributed by atoms with Crippen LogP contribution in [0.3, 0.4) is 0 Å². The predicted molar refractivity (Wildman–Crippen MR) is 79.1 cm³/mol. The molecule has 1 unspecified atom stereocenters. The zero-order valence-electron chi connectivity index (χ0n) is 11.8. The third-order valence-corrected chi connectivity index (χ3v) is 4.80. The van der Waals surface area contributed by atoms with E-state index in [1.807, 2.05) is 11.4 Å². The summed E-state index contributed by atoms with van der Waals surface area (Å²) in [7, 11) is 0. The number of carbonyl (C=O) groups excluding carboxylic acids is 1. The topological polar surface area (TPSA) is 46.3 Å². The van der Waals surface area contributed by atoms with Gasteiger partial charge in [0, 0.05) is 18.5 Å². The van der Waals surface area contributed by atoms with Gasteiger partial charge in [-0.05, 0) is 32.3 Å². The quantitative estimate of drug-likeness (QED) is 0.848. The summed E-state index contributed by atoms with van der Waals surface area (Å²) in [5, 5.41) is 1.83. The largest absolute Gasteiger partial charge is 0.451 e. The highest BCUT2D eigenvalue weighted by Crippen LogP contribution is 2.29. The lowest BCUT2D eigenvalue weighted by Crippen LogP contribution is -2.32. The molecule has 1 saturated heterocycles. The van der Waals surface area contributed by atoms with E-state index in [2.05, 4.69) is 4.98 Å². The highest BCUT2D eigenvalue weighted by molar-refractivity contribution is 7.13. The number of oxazole rings is 1. The van der Waals surface area contributed by atoms with Crippen LogP contribution in [0.5, 0.6) is 0 Å². The van der Waals surface area contributed by atoms with E-state index in [4.69, 9.17) is 4.42 Å². The lowest BCUT2D eigenvalue weighted by atomic mass is 10.0. The van der Waals surface area contributed by atoms with Gasteiger partial charge in [-0.15, -0.1) is 11.3 Å². The van der Waals surface area contributed by atoms with Crippen molar-refractivity contribution < 1.29 is 13.6 Å². The Hall–Kier alpha value is -1.69. The number of hydrogen-bond donors (Lipinski definition) is 0. The van der Waals surface area contributed by atoms with Gasteiger partial charge in [-0.2, -0.15) is 0 Å². The first kappa shape index (κ1) is 14.3. The molecule has 0 saturated carbocycles. The van der Waals surface area contributed by atoms with E-state index in [1.54, 1.807) is 18.1 Å². The molecular weight excluding hydrogens is 291 g/mol. The molecule has 21 heavy (non-hydrogen) atoms. The van der Waals surface area contributed by atoms with Crippen LogP contribution in [0.1, 0.15) is 36.5 Å². The average Bonchev–Trinajstić information content (AvgIpc) is 3.08. The van der Waals surface area contributed by atoms with Gasteiger partial charge in [-0.3, -0.25) is 4.79 Å². The zero-order valence-corrected chi connectivity index (χ0v) is 12.7. The number of alkyl halides is 1. The Morgan fingerprint density at radius 2 is 2.33 bits per heavy atom. The summed E-state index contributed by atoms with van der Waals surface area (Å²) >= 11 is 1.46. The van der Waals surface area contributed by atoms with Crippen LogP contribution < -0.4 is 0 Å². The van der Waals surface area contributed by atoms with Crippen molar-refractivity contribution in [3.05, 3.63) is 29.7 Å². The van der Waals surface area contributed by atoms with E-state index in [0.717, 1.165) is 10.6 Å². The fourth-order valence-electron chi connectivity index (χ4n) is 2.55. The number of thiophene rings is 1. The summed E-state index contributed by atoms with van der Waals surface area (Å²) in [6.45, 7) is 2.71. The summed E-state index contributed by atoms with van der Waals surface area (Å²) in [5.41, 5.74) is 0.210. The van der Waals surface area contributed by atoms with Crippen LogP contribution in [-0.2, 0) is 0 Å². The Morgan fingerprint density at radius 1 is 1.48 bits per heavy atom. The normalized spacial score (nSPS) is 23.0. The summed E-state index contributed by atoms with van der Waals surface area (Å²) in [4.78, 5) is 19.2. The maximum Gasteiger partial charge on any atom is 0.254 e. The van der Waals surface area contributed by atoms with Crippen LogP contribution in [0.25, 0.3) is 10.6 Å². The first-order valence-electron chi connectivity index (χ1n) is 7.00. The molecule has 1 fully saturated rings. The first-order chi connectivity index (χ1) is 10.1. The Labute approximate surface area is 126 Å². The number of carbonyl (C=O) groups is 1. The van der Waals surface area contributed by atoms with Crippen molar-refractivity contribution in [1.82, 2.24) is 9.88 Å². The van der Waals surface area contributed by atoms with Crippen molar-refractivity contribution in [1.29, 1.82) is 0 Å². The van der Waals surface area contributed by atoms with E-state index in [1.165, 1.54) is 17.7 Å². The first-order valence-corrected chi connectivity index (χ1v) is 7.88. The van der Waals surface area contributed by atoms with Crippen molar-refractivity contribution in [2.24, 2.45) is 0 Å². The predicted octanol–water partition coefficient (Wildman–Crippen LogP) is 3.76. The highest BCUT2D eigenvalue weighted by atomic mass is 32.1. The molecule has 0 bridgehead atoms. The summed E-state index contributed by atoms with van der Waals surface area (Å²) in [6.07, 6.45) is 4.55. The zero-order chi connectivity index (χ0) is 14.9. The minimum absolute atomic E-state index is 0.0290. The van der Waals surface area contributed by atoms with E-state index < -0.39 is 5.67 Å². The van der Waals surface area contributed by atoms with Gasteiger partial charge in [0.15, 0.2) is 6.39 Å².